The van der Waals surface area contributed by atoms with Gasteiger partial charge in [0.15, 0.2) is 0 Å². The largest absolute Gasteiger partial charge is 0.457 e. The number of benzene rings is 3. The van der Waals surface area contributed by atoms with Crippen LogP contribution in [0.1, 0.15) is 11.1 Å². The van der Waals surface area contributed by atoms with Crippen LogP contribution in [0.4, 0.5) is 11.4 Å². The lowest BCUT2D eigenvalue weighted by Crippen LogP contribution is -2.20. The molecule has 0 unspecified atom stereocenters. The van der Waals surface area contributed by atoms with E-state index in [1.54, 1.807) is 36.4 Å². The van der Waals surface area contributed by atoms with Crippen molar-refractivity contribution in [2.45, 2.75) is 0 Å². The molecule has 0 radical (unpaired) electrons. The molecular weight excluding hydrogens is 449 g/mol. The number of nitro groups is 1. The summed E-state index contributed by atoms with van der Waals surface area (Å²) >= 11 is 5.94. The van der Waals surface area contributed by atoms with Crippen molar-refractivity contribution in [2.75, 3.05) is 25.0 Å². The van der Waals surface area contributed by atoms with E-state index in [-0.39, 0.29) is 18.1 Å². The molecule has 0 N–H and O–H groups in total. The average Bonchev–Trinajstić information content (AvgIpc) is 2.93. The van der Waals surface area contributed by atoms with E-state index in [2.05, 4.69) is 11.0 Å². The van der Waals surface area contributed by atoms with Gasteiger partial charge in [-0.25, -0.2) is 0 Å². The molecule has 0 aliphatic carbocycles. The third kappa shape index (κ3) is 5.28. The van der Waals surface area contributed by atoms with Gasteiger partial charge < -0.3 is 9.64 Å². The fourth-order valence-corrected chi connectivity index (χ4v) is 3.49. The molecule has 1 aliphatic heterocycles. The Hall–Kier alpha value is -3.35. The topological polar surface area (TPSA) is 68.0 Å². The van der Waals surface area contributed by atoms with E-state index >= 15 is 0 Å². The number of nitro benzene ring substituents is 1. The summed E-state index contributed by atoms with van der Waals surface area (Å²) in [7, 11) is 2.04. The predicted octanol–water partition coefficient (Wildman–Crippen LogP) is 6.41. The van der Waals surface area contributed by atoms with Crippen LogP contribution in [0.15, 0.2) is 77.8 Å². The minimum Gasteiger partial charge on any atom is -0.457 e. The maximum Gasteiger partial charge on any atom is 0.270 e. The molecule has 0 aromatic heterocycles. The Morgan fingerprint density at radius 3 is 2.59 bits per heavy atom. The number of benzodiazepines with no additional fused rings is 1. The molecule has 3 aromatic rings. The Kier molecular flexibility index (Phi) is 7.51. The number of aliphatic imine (C=N–C) groups is 1. The van der Waals surface area contributed by atoms with E-state index in [1.165, 1.54) is 12.1 Å². The number of rotatable bonds is 5. The highest BCUT2D eigenvalue weighted by Crippen LogP contribution is 2.31. The van der Waals surface area contributed by atoms with E-state index in [0.29, 0.717) is 28.6 Å². The van der Waals surface area contributed by atoms with Gasteiger partial charge in [-0.2, -0.15) is 0 Å². The second-order valence-electron chi connectivity index (χ2n) is 7.07. The number of halogens is 2. The fourth-order valence-electron chi connectivity index (χ4n) is 3.36. The van der Waals surface area contributed by atoms with Crippen LogP contribution in [0.25, 0.3) is 6.08 Å². The van der Waals surface area contributed by atoms with Gasteiger partial charge >= 0.3 is 0 Å². The van der Waals surface area contributed by atoms with Crippen molar-refractivity contribution in [1.29, 1.82) is 0 Å². The van der Waals surface area contributed by atoms with Gasteiger partial charge in [0.1, 0.15) is 11.5 Å². The molecule has 164 valence electrons. The second-order valence-corrected chi connectivity index (χ2v) is 7.51. The molecule has 1 heterocycles. The van der Waals surface area contributed by atoms with Crippen molar-refractivity contribution >= 4 is 47.2 Å². The quantitative estimate of drug-likeness (QED) is 0.319. The molecule has 0 saturated carbocycles. The minimum absolute atomic E-state index is 0. The van der Waals surface area contributed by atoms with Gasteiger partial charge in [-0.15, -0.1) is 12.4 Å². The van der Waals surface area contributed by atoms with E-state index in [4.69, 9.17) is 21.3 Å². The minimum atomic E-state index is -0.420. The highest BCUT2D eigenvalue weighted by atomic mass is 35.5. The number of para-hydroxylation sites is 1. The van der Waals surface area contributed by atoms with Gasteiger partial charge in [0.05, 0.1) is 17.2 Å². The normalized spacial score (nSPS) is 13.1. The molecule has 0 amide bonds. The maximum absolute atomic E-state index is 11.3. The Morgan fingerprint density at radius 1 is 1.09 bits per heavy atom. The third-order valence-corrected chi connectivity index (χ3v) is 5.23. The zero-order valence-electron chi connectivity index (χ0n) is 17.3. The first-order valence-electron chi connectivity index (χ1n) is 9.76. The highest BCUT2D eigenvalue weighted by molar-refractivity contribution is 6.30. The van der Waals surface area contributed by atoms with Gasteiger partial charge in [0.25, 0.3) is 5.69 Å². The molecule has 0 spiro atoms. The zero-order valence-corrected chi connectivity index (χ0v) is 18.8. The summed E-state index contributed by atoms with van der Waals surface area (Å²) in [4.78, 5) is 17.8. The average molecular weight is 470 g/mol. The summed E-state index contributed by atoms with van der Waals surface area (Å²) in [6.45, 7) is 1.48. The standard InChI is InChI=1S/C24H20ClN3O3.ClH/c1-27-15-14-26-22(21-4-2-3-5-23(21)27)12-6-17-16-19(28(29)30)9-13-24(17)31-20-10-7-18(25)8-11-20;/h2-13,16H,14-15H2,1H3;1H/b12-6+;. The first-order valence-corrected chi connectivity index (χ1v) is 10.1. The Labute approximate surface area is 197 Å². The molecule has 6 nitrogen and oxygen atoms in total. The summed E-state index contributed by atoms with van der Waals surface area (Å²) < 4.78 is 5.97. The summed E-state index contributed by atoms with van der Waals surface area (Å²) in [5.74, 6) is 1.09. The highest BCUT2D eigenvalue weighted by Gasteiger charge is 2.15. The molecular formula is C24H21Cl2N3O3. The molecule has 0 atom stereocenters. The van der Waals surface area contributed by atoms with Crippen molar-refractivity contribution in [3.63, 3.8) is 0 Å². The van der Waals surface area contributed by atoms with E-state index < -0.39 is 4.92 Å². The number of likely N-dealkylation sites (N-methyl/N-ethyl adjacent to an activating group) is 1. The van der Waals surface area contributed by atoms with Crippen LogP contribution in [-0.4, -0.2) is 30.8 Å². The van der Waals surface area contributed by atoms with Crippen LogP contribution < -0.4 is 9.64 Å². The van der Waals surface area contributed by atoms with Crippen LogP contribution in [0.3, 0.4) is 0 Å². The van der Waals surface area contributed by atoms with Crippen LogP contribution in [0.2, 0.25) is 5.02 Å². The molecule has 8 heteroatoms. The fraction of sp³-hybridized carbons (Fsp3) is 0.125. The summed E-state index contributed by atoms with van der Waals surface area (Å²) in [5, 5.41) is 11.9. The summed E-state index contributed by atoms with van der Waals surface area (Å²) in [5.41, 5.74) is 3.52. The lowest BCUT2D eigenvalue weighted by molar-refractivity contribution is -0.384. The third-order valence-electron chi connectivity index (χ3n) is 4.98. The molecule has 0 bridgehead atoms. The van der Waals surface area contributed by atoms with Crippen molar-refractivity contribution in [2.24, 2.45) is 4.99 Å². The number of hydrogen-bond donors (Lipinski definition) is 0. The number of ether oxygens (including phenoxy) is 1. The number of anilines is 1. The van der Waals surface area contributed by atoms with Crippen molar-refractivity contribution in [3.8, 4) is 11.5 Å². The number of allylic oxidation sites excluding steroid dienone is 1. The lowest BCUT2D eigenvalue weighted by atomic mass is 10.1. The number of non-ortho nitro benzene ring substituents is 1. The summed E-state index contributed by atoms with van der Waals surface area (Å²) in [6.07, 6.45) is 3.69. The Bertz CT molecular complexity index is 1180. The molecule has 32 heavy (non-hydrogen) atoms. The van der Waals surface area contributed by atoms with Crippen LogP contribution in [0, 0.1) is 10.1 Å². The van der Waals surface area contributed by atoms with Gasteiger partial charge in [-0.1, -0.05) is 29.8 Å². The first-order chi connectivity index (χ1) is 15.0. The number of hydrogen-bond acceptors (Lipinski definition) is 5. The van der Waals surface area contributed by atoms with Crippen molar-refractivity contribution in [3.05, 3.63) is 99.1 Å². The predicted molar refractivity (Wildman–Crippen MR) is 132 cm³/mol. The molecule has 1 aliphatic rings. The lowest BCUT2D eigenvalue weighted by Gasteiger charge is -2.18. The molecule has 0 saturated heterocycles. The van der Waals surface area contributed by atoms with Crippen molar-refractivity contribution in [1.82, 2.24) is 0 Å². The first kappa shape index (κ1) is 23.3. The SMILES string of the molecule is CN1CCN=C(/C=C/c2cc([N+](=O)[O-])ccc2Oc2ccc(Cl)cc2)c2ccccc21.Cl. The van der Waals surface area contributed by atoms with E-state index in [0.717, 1.165) is 23.5 Å². The summed E-state index contributed by atoms with van der Waals surface area (Å²) in [6, 6.07) is 19.5. The molecule has 3 aromatic carbocycles. The van der Waals surface area contributed by atoms with Gasteiger partial charge in [0.2, 0.25) is 0 Å². The van der Waals surface area contributed by atoms with E-state index in [9.17, 15) is 10.1 Å². The molecule has 0 fully saturated rings. The van der Waals surface area contributed by atoms with Gasteiger partial charge in [-0.05, 0) is 48.6 Å². The van der Waals surface area contributed by atoms with Crippen LogP contribution >= 0.6 is 24.0 Å². The van der Waals surface area contributed by atoms with Crippen LogP contribution in [-0.2, 0) is 0 Å². The zero-order chi connectivity index (χ0) is 21.8. The van der Waals surface area contributed by atoms with Gasteiger partial charge in [-0.3, -0.25) is 15.1 Å². The molecule has 4 rings (SSSR count). The Morgan fingerprint density at radius 2 is 1.84 bits per heavy atom. The van der Waals surface area contributed by atoms with Gasteiger partial charge in [0, 0.05) is 47.6 Å². The Balaban J connectivity index is 0.00000289. The van der Waals surface area contributed by atoms with Crippen molar-refractivity contribution < 1.29 is 9.66 Å². The van der Waals surface area contributed by atoms with Crippen LogP contribution in [0.5, 0.6) is 11.5 Å². The second kappa shape index (κ2) is 10.3. The van der Waals surface area contributed by atoms with E-state index in [1.807, 2.05) is 31.3 Å². The maximum atomic E-state index is 11.3. The number of nitrogens with zero attached hydrogens (tertiary/aromatic N) is 3. The monoisotopic (exact) mass is 469 g/mol. The smallest absolute Gasteiger partial charge is 0.270 e. The number of fused-ring (bicyclic) bond motifs is 1.